The lowest BCUT2D eigenvalue weighted by molar-refractivity contribution is -0.249. The van der Waals surface area contributed by atoms with Crippen molar-refractivity contribution in [3.8, 4) is 17.2 Å². The Hall–Kier alpha value is -8.81. The van der Waals surface area contributed by atoms with Crippen molar-refractivity contribution >= 4 is 63.7 Å². The van der Waals surface area contributed by atoms with Crippen molar-refractivity contribution in [2.45, 2.75) is 126 Å². The molecule has 444 valence electrons. The molecule has 24 nitrogen and oxygen atoms in total. The number of carboxylic acid groups (broad SMARTS) is 1. The molecule has 14 N–H and O–H groups in total. The van der Waals surface area contributed by atoms with Crippen LogP contribution in [0.4, 0.5) is 0 Å². The molecule has 0 bridgehead atoms. The average molecular weight is 1160 g/mol. The van der Waals surface area contributed by atoms with E-state index < -0.39 is 143 Å². The molecular formula is C60H67N7O17. The molecular weight excluding hydrogens is 1090 g/mol. The van der Waals surface area contributed by atoms with Gasteiger partial charge in [0, 0.05) is 61.8 Å². The van der Waals surface area contributed by atoms with Gasteiger partial charge in [-0.3, -0.25) is 38.6 Å². The number of benzene rings is 5. The van der Waals surface area contributed by atoms with Crippen LogP contribution in [-0.4, -0.2) is 146 Å². The van der Waals surface area contributed by atoms with Gasteiger partial charge in [0.2, 0.25) is 29.4 Å². The first kappa shape index (κ1) is 61.3. The summed E-state index contributed by atoms with van der Waals surface area (Å²) in [5, 5.41) is 79.1. The normalized spacial score (nSPS) is 20.8. The summed E-state index contributed by atoms with van der Waals surface area (Å²) in [6.45, 7) is 0.434. The highest BCUT2D eigenvalue weighted by Gasteiger charge is 2.50. The fourth-order valence-corrected chi connectivity index (χ4v) is 11.1. The Labute approximate surface area is 481 Å². The van der Waals surface area contributed by atoms with Crippen LogP contribution in [0, 0.1) is 0 Å². The number of carbonyl (C=O) groups is 8. The van der Waals surface area contributed by atoms with Gasteiger partial charge < -0.3 is 77.6 Å². The number of guanidine groups is 1. The first-order valence-electron chi connectivity index (χ1n) is 27.3. The first-order chi connectivity index (χ1) is 40.1. The molecule has 0 saturated carbocycles. The minimum absolute atomic E-state index is 0.00104. The number of aliphatic carboxylic acids is 1. The Morgan fingerprint density at radius 1 is 0.810 bits per heavy atom. The smallest absolute Gasteiger partial charge is 0.326 e. The Morgan fingerprint density at radius 2 is 1.49 bits per heavy atom. The summed E-state index contributed by atoms with van der Waals surface area (Å²) >= 11 is 0. The van der Waals surface area contributed by atoms with Crippen molar-refractivity contribution in [2.75, 3.05) is 20.3 Å². The number of amides is 4. The lowest BCUT2D eigenvalue weighted by Gasteiger charge is -2.43. The molecule has 3 aliphatic rings. The van der Waals surface area contributed by atoms with Crippen LogP contribution < -0.4 is 37.5 Å². The second-order valence-corrected chi connectivity index (χ2v) is 21.1. The minimum Gasteiger partial charge on any atom is -0.507 e. The molecule has 24 heteroatoms. The number of carboxylic acids is 1. The number of hydrogen-bond acceptors (Lipinski definition) is 17. The van der Waals surface area contributed by atoms with Crippen LogP contribution in [0.1, 0.15) is 125 Å². The number of aliphatic hydroxyl groups excluding tert-OH is 2. The number of methoxy groups -OCH3 is 1. The SMILES string of the molecule is COc1cccc2c1C(=O)c1c(O)c3c(c(O)c1C2=O)C[C@@](O)(C(=O)CO)C[C@@H]3O[C@H]1C[C@H](NC(=O)CCCC(=O)N[C@@H](CCCN=C(N)N)C(=O)N[C@@H](CC(=O)N[C@@H](Cc2ccccc2)C(=O)O)c2cccc3ccccc23)[C@H](O)[C@H](C)O1. The number of fused-ring (bicyclic) bond motifs is 4. The summed E-state index contributed by atoms with van der Waals surface area (Å²) in [7, 11) is 1.28. The van der Waals surface area contributed by atoms with Crippen molar-refractivity contribution in [2.24, 2.45) is 16.5 Å². The molecule has 2 aliphatic carbocycles. The van der Waals surface area contributed by atoms with Crippen LogP contribution >= 0.6 is 0 Å². The molecule has 1 heterocycles. The summed E-state index contributed by atoms with van der Waals surface area (Å²) in [6, 6.07) is 21.0. The minimum atomic E-state index is -2.43. The molecule has 5 aromatic rings. The second-order valence-electron chi connectivity index (χ2n) is 21.1. The van der Waals surface area contributed by atoms with E-state index in [0.717, 1.165) is 5.39 Å². The number of phenols is 2. The lowest BCUT2D eigenvalue weighted by atomic mass is 9.72. The summed E-state index contributed by atoms with van der Waals surface area (Å²) in [4.78, 5) is 113. The Morgan fingerprint density at radius 3 is 2.20 bits per heavy atom. The van der Waals surface area contributed by atoms with Crippen LogP contribution in [0.5, 0.6) is 17.2 Å². The predicted octanol–water partition coefficient (Wildman–Crippen LogP) is 2.08. The molecule has 0 spiro atoms. The van der Waals surface area contributed by atoms with Crippen LogP contribution in [0.2, 0.25) is 0 Å². The fraction of sp³-hybridized carbons (Fsp3) is 0.383. The highest BCUT2D eigenvalue weighted by atomic mass is 16.7. The predicted molar refractivity (Wildman–Crippen MR) is 301 cm³/mol. The number of hydrogen-bond donors (Lipinski definition) is 12. The number of carbonyl (C=O) groups excluding carboxylic acids is 7. The number of nitrogens with one attached hydrogen (secondary N) is 4. The Balaban J connectivity index is 0.940. The van der Waals surface area contributed by atoms with Gasteiger partial charge in [-0.2, -0.15) is 0 Å². The number of aliphatic hydroxyl groups is 3. The number of aliphatic imine (C=N–C) groups is 1. The van der Waals surface area contributed by atoms with Crippen molar-refractivity contribution in [3.05, 3.63) is 136 Å². The molecule has 1 aliphatic heterocycles. The number of rotatable bonds is 24. The van der Waals surface area contributed by atoms with Crippen molar-refractivity contribution in [3.63, 3.8) is 0 Å². The van der Waals surface area contributed by atoms with E-state index in [1.807, 2.05) is 24.3 Å². The van der Waals surface area contributed by atoms with E-state index in [2.05, 4.69) is 26.3 Å². The molecule has 9 atom stereocenters. The van der Waals surface area contributed by atoms with E-state index in [4.69, 9.17) is 25.7 Å². The number of ketones is 3. The number of ether oxygens (including phenoxy) is 3. The van der Waals surface area contributed by atoms with E-state index in [0.29, 0.717) is 16.5 Å². The number of aromatic hydroxyl groups is 2. The molecule has 5 aromatic carbocycles. The molecule has 8 rings (SSSR count). The zero-order valence-corrected chi connectivity index (χ0v) is 46.0. The third-order valence-electron chi connectivity index (χ3n) is 15.3. The number of nitrogens with two attached hydrogens (primary N) is 2. The van der Waals surface area contributed by atoms with Gasteiger partial charge in [0.15, 0.2) is 23.8 Å². The molecule has 0 radical (unpaired) electrons. The van der Waals surface area contributed by atoms with Gasteiger partial charge in [-0.25, -0.2) is 4.79 Å². The van der Waals surface area contributed by atoms with E-state index in [-0.39, 0.29) is 91.9 Å². The number of Topliss-reactive ketones (excluding diaryl/α,β-unsaturated/α-hetero) is 1. The van der Waals surface area contributed by atoms with Crippen LogP contribution in [0.25, 0.3) is 10.8 Å². The van der Waals surface area contributed by atoms with Gasteiger partial charge in [-0.15, -0.1) is 0 Å². The maximum Gasteiger partial charge on any atom is 0.326 e. The highest BCUT2D eigenvalue weighted by Crippen LogP contribution is 2.52. The largest absolute Gasteiger partial charge is 0.507 e. The Kier molecular flexibility index (Phi) is 19.4. The first-order valence-corrected chi connectivity index (χ1v) is 27.3. The molecule has 1 saturated heterocycles. The zero-order chi connectivity index (χ0) is 60.6. The summed E-state index contributed by atoms with van der Waals surface area (Å²) in [5.41, 5.74) is 7.84. The van der Waals surface area contributed by atoms with Gasteiger partial charge in [0.1, 0.15) is 47.6 Å². The summed E-state index contributed by atoms with van der Waals surface area (Å²) in [6.07, 6.45) is -7.65. The van der Waals surface area contributed by atoms with Crippen molar-refractivity contribution in [1.29, 1.82) is 0 Å². The van der Waals surface area contributed by atoms with Gasteiger partial charge in [0.25, 0.3) is 0 Å². The zero-order valence-electron chi connectivity index (χ0n) is 46.0. The molecule has 1 fully saturated rings. The maximum atomic E-state index is 14.4. The van der Waals surface area contributed by atoms with Gasteiger partial charge in [-0.1, -0.05) is 84.9 Å². The maximum absolute atomic E-state index is 14.4. The highest BCUT2D eigenvalue weighted by molar-refractivity contribution is 6.31. The third-order valence-corrected chi connectivity index (χ3v) is 15.3. The molecule has 0 unspecified atom stereocenters. The third kappa shape index (κ3) is 13.6. The van der Waals surface area contributed by atoms with Crippen LogP contribution in [0.15, 0.2) is 96.0 Å². The van der Waals surface area contributed by atoms with E-state index in [1.165, 1.54) is 32.2 Å². The molecule has 0 aromatic heterocycles. The van der Waals surface area contributed by atoms with Crippen molar-refractivity contribution < 1.29 is 83.2 Å². The molecule has 4 amide bonds. The van der Waals surface area contributed by atoms with Crippen LogP contribution in [0.3, 0.4) is 0 Å². The quantitative estimate of drug-likeness (QED) is 0.0179. The van der Waals surface area contributed by atoms with E-state index >= 15 is 0 Å². The average Bonchev–Trinajstić information content (AvgIpc) is 0.747. The number of nitrogens with zero attached hydrogens (tertiary/aromatic N) is 1. The van der Waals surface area contributed by atoms with E-state index in [9.17, 15) is 69.0 Å². The van der Waals surface area contributed by atoms with Gasteiger partial charge >= 0.3 is 5.97 Å². The van der Waals surface area contributed by atoms with Crippen molar-refractivity contribution in [1.82, 2.24) is 21.3 Å². The topological polar surface area (TPSA) is 398 Å². The van der Waals surface area contributed by atoms with Crippen LogP contribution in [-0.2, 0) is 51.1 Å². The van der Waals surface area contributed by atoms with E-state index in [1.54, 1.807) is 48.5 Å². The Bertz CT molecular complexity index is 3380. The van der Waals surface area contributed by atoms with Gasteiger partial charge in [0.05, 0.1) is 54.5 Å². The monoisotopic (exact) mass is 1160 g/mol. The van der Waals surface area contributed by atoms with Gasteiger partial charge in [-0.05, 0) is 54.2 Å². The second kappa shape index (κ2) is 26.6. The summed E-state index contributed by atoms with van der Waals surface area (Å²) < 4.78 is 17.6. The summed E-state index contributed by atoms with van der Waals surface area (Å²) in [5.74, 6) is -8.43. The standard InChI is InChI=1S/C60H67N7O17/c1-30-52(73)39(26-47(83-30)84-42-28-60(81,43(69)29-68)27-36-49(42)56(77)51-50(54(36)75)53(74)35-18-9-20-41(82-2)48(35)55(51)76)65-45(71)22-10-21-44(70)64-37(19-11-23-63-59(61)62)57(78)67-38(34-17-8-15-32-14-6-7-16-33(32)34)25-46(72)66-40(58(79)80)24-31-12-4-3-5-13-31/h3-9,12-18,20,30,37-40,42,47,52,68,73,75,77,81H,10-11,19,21-29H2,1-2H3,(H,64,70)(H,65,71)(H,66,72)(H,67,78)(H,79,80)(H4,61,62,63)/t30-,37-,38-,39-,40-,42-,47-,52+,60-/m0/s1. The number of phenolic OH excluding ortho intramolecular Hbond substituents is 2. The fourth-order valence-electron chi connectivity index (χ4n) is 11.1. The molecule has 84 heavy (non-hydrogen) atoms. The lowest BCUT2D eigenvalue weighted by Crippen LogP contribution is -2.55.